The lowest BCUT2D eigenvalue weighted by atomic mass is 10.1. The molecule has 1 saturated carbocycles. The number of furan rings is 1. The van der Waals surface area contributed by atoms with Crippen molar-refractivity contribution in [3.8, 4) is 11.4 Å². The van der Waals surface area contributed by atoms with Crippen LogP contribution < -0.4 is 10.2 Å². The molecule has 1 N–H and O–H groups in total. The largest absolute Gasteiger partial charge is 0.464 e. The van der Waals surface area contributed by atoms with Gasteiger partial charge in [0.2, 0.25) is 5.82 Å². The zero-order valence-corrected chi connectivity index (χ0v) is 20.7. The zero-order valence-electron chi connectivity index (χ0n) is 20.7. The van der Waals surface area contributed by atoms with Crippen LogP contribution in [0.3, 0.4) is 0 Å². The summed E-state index contributed by atoms with van der Waals surface area (Å²) in [4.78, 5) is 29.6. The molecular formula is C27H26F2N6O3. The van der Waals surface area contributed by atoms with Crippen LogP contribution in [0.25, 0.3) is 11.4 Å². The van der Waals surface area contributed by atoms with Crippen molar-refractivity contribution in [2.24, 2.45) is 0 Å². The van der Waals surface area contributed by atoms with Crippen molar-refractivity contribution in [1.29, 1.82) is 0 Å². The molecule has 1 fully saturated rings. The van der Waals surface area contributed by atoms with Gasteiger partial charge < -0.3 is 9.73 Å². The highest BCUT2D eigenvalue weighted by Gasteiger charge is 2.37. The fourth-order valence-corrected chi connectivity index (χ4v) is 4.61. The van der Waals surface area contributed by atoms with E-state index in [1.165, 1.54) is 42.5 Å². The van der Waals surface area contributed by atoms with Crippen molar-refractivity contribution in [1.82, 2.24) is 25.5 Å². The van der Waals surface area contributed by atoms with Crippen molar-refractivity contribution in [2.75, 3.05) is 4.90 Å². The number of hydrogen-bond donors (Lipinski definition) is 1. The first kappa shape index (κ1) is 25.2. The summed E-state index contributed by atoms with van der Waals surface area (Å²) in [7, 11) is 0. The minimum Gasteiger partial charge on any atom is -0.464 e. The van der Waals surface area contributed by atoms with E-state index in [1.807, 2.05) is 0 Å². The van der Waals surface area contributed by atoms with Gasteiger partial charge in [0.15, 0.2) is 6.04 Å². The van der Waals surface area contributed by atoms with Crippen LogP contribution in [-0.4, -0.2) is 38.1 Å². The molecule has 11 heteroatoms. The Hall–Kier alpha value is -4.41. The maximum Gasteiger partial charge on any atom is 0.251 e. The molecule has 1 unspecified atom stereocenters. The monoisotopic (exact) mass is 520 g/mol. The van der Waals surface area contributed by atoms with E-state index in [-0.39, 0.29) is 23.3 Å². The van der Waals surface area contributed by atoms with Crippen LogP contribution in [0.15, 0.2) is 65.1 Å². The molecule has 1 aliphatic rings. The fraction of sp³-hybridized carbons (Fsp3) is 0.296. The lowest BCUT2D eigenvalue weighted by molar-refractivity contribution is -0.128. The lowest BCUT2D eigenvalue weighted by Crippen LogP contribution is -2.47. The van der Waals surface area contributed by atoms with Gasteiger partial charge in [-0.3, -0.25) is 14.5 Å². The number of carbonyl (C=O) groups excluding carboxylic acids is 2. The van der Waals surface area contributed by atoms with E-state index in [4.69, 9.17) is 4.42 Å². The van der Waals surface area contributed by atoms with Gasteiger partial charge in [-0.05, 0) is 73.5 Å². The van der Waals surface area contributed by atoms with Crippen molar-refractivity contribution < 1.29 is 22.8 Å². The van der Waals surface area contributed by atoms with Gasteiger partial charge in [0.1, 0.15) is 29.7 Å². The van der Waals surface area contributed by atoms with Crippen LogP contribution >= 0.6 is 0 Å². The molecule has 5 rings (SSSR count). The molecule has 0 saturated heterocycles. The van der Waals surface area contributed by atoms with E-state index in [2.05, 4.69) is 20.7 Å². The molecule has 0 aliphatic heterocycles. The Labute approximate surface area is 217 Å². The number of amides is 2. The maximum atomic E-state index is 15.1. The first-order valence-electron chi connectivity index (χ1n) is 12.4. The fourth-order valence-electron chi connectivity index (χ4n) is 4.61. The van der Waals surface area contributed by atoms with Crippen molar-refractivity contribution >= 4 is 17.5 Å². The minimum atomic E-state index is -1.27. The topological polar surface area (TPSA) is 106 Å². The Morgan fingerprint density at radius 2 is 1.82 bits per heavy atom. The highest BCUT2D eigenvalue weighted by atomic mass is 19.1. The SMILES string of the molecule is Cc1ccc(C(C(=O)NC2CCCC2)N(C(=O)Cn2nnc(-c3ccc(F)cc3)n2)c2ccccc2F)o1. The van der Waals surface area contributed by atoms with E-state index >= 15 is 4.39 Å². The summed E-state index contributed by atoms with van der Waals surface area (Å²) in [6.07, 6.45) is 3.66. The average molecular weight is 521 g/mol. The van der Waals surface area contributed by atoms with Gasteiger partial charge in [0.25, 0.3) is 11.8 Å². The highest BCUT2D eigenvalue weighted by molar-refractivity contribution is 6.01. The molecule has 2 heterocycles. The second kappa shape index (κ2) is 10.9. The maximum absolute atomic E-state index is 15.1. The van der Waals surface area contributed by atoms with Crippen molar-refractivity contribution in [3.63, 3.8) is 0 Å². The van der Waals surface area contributed by atoms with Crippen LogP contribution in [0.1, 0.15) is 43.2 Å². The molecule has 2 amide bonds. The van der Waals surface area contributed by atoms with Gasteiger partial charge in [-0.25, -0.2) is 8.78 Å². The zero-order chi connectivity index (χ0) is 26.6. The smallest absolute Gasteiger partial charge is 0.251 e. The number of tetrazole rings is 1. The third-order valence-electron chi connectivity index (χ3n) is 6.45. The molecule has 1 atom stereocenters. The summed E-state index contributed by atoms with van der Waals surface area (Å²) in [6, 6.07) is 13.2. The Morgan fingerprint density at radius 3 is 2.50 bits per heavy atom. The van der Waals surface area contributed by atoms with E-state index in [0.717, 1.165) is 35.4 Å². The molecule has 0 bridgehead atoms. The molecule has 38 heavy (non-hydrogen) atoms. The first-order chi connectivity index (χ1) is 18.4. The number of nitrogens with one attached hydrogen (secondary N) is 1. The number of halogens is 2. The highest BCUT2D eigenvalue weighted by Crippen LogP contribution is 2.32. The van der Waals surface area contributed by atoms with Crippen LogP contribution in [0, 0.1) is 18.6 Å². The predicted molar refractivity (Wildman–Crippen MR) is 134 cm³/mol. The molecule has 1 aliphatic carbocycles. The van der Waals surface area contributed by atoms with E-state index in [9.17, 15) is 14.0 Å². The Morgan fingerprint density at radius 1 is 1.08 bits per heavy atom. The van der Waals surface area contributed by atoms with Gasteiger partial charge in [-0.1, -0.05) is 25.0 Å². The number of carbonyl (C=O) groups is 2. The molecule has 196 valence electrons. The van der Waals surface area contributed by atoms with Crippen LogP contribution in [0.5, 0.6) is 0 Å². The number of benzene rings is 2. The molecule has 0 radical (unpaired) electrons. The lowest BCUT2D eigenvalue weighted by Gasteiger charge is -2.30. The number of anilines is 1. The summed E-state index contributed by atoms with van der Waals surface area (Å²) in [6.45, 7) is 1.29. The molecule has 2 aromatic carbocycles. The summed E-state index contributed by atoms with van der Waals surface area (Å²) in [5.74, 6) is -1.28. The minimum absolute atomic E-state index is 0.0334. The standard InChI is InChI=1S/C27H26F2N6O3/c1-17-10-15-23(38-17)25(27(37)30-20-6-2-3-7-20)35(22-9-5-4-8-21(22)29)24(36)16-34-32-26(31-33-34)18-11-13-19(28)14-12-18/h4-5,8-15,20,25H,2-3,6-7,16H2,1H3,(H,30,37). The molecule has 4 aromatic rings. The van der Waals surface area contributed by atoms with Gasteiger partial charge in [-0.15, -0.1) is 10.2 Å². The first-order valence-corrected chi connectivity index (χ1v) is 12.4. The van der Waals surface area contributed by atoms with Gasteiger partial charge in [0.05, 0.1) is 5.69 Å². The number of rotatable bonds is 8. The van der Waals surface area contributed by atoms with Crippen molar-refractivity contribution in [2.45, 2.75) is 51.2 Å². The van der Waals surface area contributed by atoms with Gasteiger partial charge in [0, 0.05) is 11.6 Å². The van der Waals surface area contributed by atoms with Gasteiger partial charge in [-0.2, -0.15) is 4.80 Å². The van der Waals surface area contributed by atoms with Crippen molar-refractivity contribution in [3.05, 3.63) is 83.8 Å². The molecular weight excluding hydrogens is 494 g/mol. The Kier molecular flexibility index (Phi) is 7.25. The van der Waals surface area contributed by atoms with Crippen LogP contribution in [-0.2, 0) is 16.1 Å². The summed E-state index contributed by atoms with van der Waals surface area (Å²) >= 11 is 0. The molecule has 9 nitrogen and oxygen atoms in total. The molecule has 0 spiro atoms. The summed E-state index contributed by atoms with van der Waals surface area (Å²) < 4.78 is 34.2. The molecule has 2 aromatic heterocycles. The van der Waals surface area contributed by atoms with E-state index in [0.29, 0.717) is 11.3 Å². The van der Waals surface area contributed by atoms with Crippen LogP contribution in [0.4, 0.5) is 14.5 Å². The number of aromatic nitrogens is 4. The summed E-state index contributed by atoms with van der Waals surface area (Å²) in [5, 5.41) is 15.1. The van der Waals surface area contributed by atoms with Crippen LogP contribution in [0.2, 0.25) is 0 Å². The Balaban J connectivity index is 1.49. The predicted octanol–water partition coefficient (Wildman–Crippen LogP) is 4.35. The second-order valence-electron chi connectivity index (χ2n) is 9.21. The average Bonchev–Trinajstić information content (AvgIpc) is 3.67. The van der Waals surface area contributed by atoms with E-state index in [1.54, 1.807) is 25.1 Å². The van der Waals surface area contributed by atoms with E-state index < -0.39 is 36.0 Å². The Bertz CT molecular complexity index is 1430. The number of aryl methyl sites for hydroxylation is 1. The number of hydrogen-bond acceptors (Lipinski definition) is 6. The quantitative estimate of drug-likeness (QED) is 0.370. The number of nitrogens with zero attached hydrogens (tertiary/aromatic N) is 5. The second-order valence-corrected chi connectivity index (χ2v) is 9.21. The third kappa shape index (κ3) is 5.46. The summed E-state index contributed by atoms with van der Waals surface area (Å²) in [5.41, 5.74) is 0.424. The third-order valence-corrected chi connectivity index (χ3v) is 6.45. The number of para-hydroxylation sites is 1. The normalized spacial score (nSPS) is 14.4. The van der Waals surface area contributed by atoms with Gasteiger partial charge >= 0.3 is 0 Å².